The van der Waals surface area contributed by atoms with Crippen LogP contribution in [0.2, 0.25) is 5.28 Å². The Kier molecular flexibility index (Phi) is 3.36. The fourth-order valence-electron chi connectivity index (χ4n) is 1.92. The second-order valence-electron chi connectivity index (χ2n) is 3.96. The third-order valence-electron chi connectivity index (χ3n) is 2.78. The largest absolute Gasteiger partial charge is 0.494 e. The van der Waals surface area contributed by atoms with Gasteiger partial charge in [-0.2, -0.15) is 0 Å². The number of fused-ring (bicyclic) bond motifs is 1. The third kappa shape index (κ3) is 2.41. The zero-order chi connectivity index (χ0) is 13.2. The summed E-state index contributed by atoms with van der Waals surface area (Å²) in [7, 11) is 0. The number of nitrogens with zero attached hydrogens (tertiary/aromatic N) is 2. The Labute approximate surface area is 119 Å². The van der Waals surface area contributed by atoms with Crippen molar-refractivity contribution < 1.29 is 4.74 Å². The summed E-state index contributed by atoms with van der Waals surface area (Å²) in [6, 6.07) is 8.03. The molecule has 0 atom stereocenters. The second-order valence-corrected chi connectivity index (χ2v) is 5.16. The molecule has 0 radical (unpaired) electrons. The molecule has 0 aliphatic heterocycles. The maximum atomic E-state index is 5.80. The highest BCUT2D eigenvalue weighted by Gasteiger charge is 2.08. The van der Waals surface area contributed by atoms with Crippen LogP contribution in [0.5, 0.6) is 5.75 Å². The van der Waals surface area contributed by atoms with Crippen LogP contribution >= 0.6 is 22.9 Å². The van der Waals surface area contributed by atoms with Crippen molar-refractivity contribution in [1.82, 2.24) is 9.97 Å². The highest BCUT2D eigenvalue weighted by atomic mass is 35.5. The molecule has 3 aromatic rings. The van der Waals surface area contributed by atoms with Gasteiger partial charge in [-0.25, -0.2) is 9.97 Å². The molecule has 3 rings (SSSR count). The number of rotatable bonds is 3. The molecule has 0 spiro atoms. The van der Waals surface area contributed by atoms with E-state index in [-0.39, 0.29) is 5.28 Å². The minimum absolute atomic E-state index is 0.285. The maximum absolute atomic E-state index is 5.80. The molecule has 19 heavy (non-hydrogen) atoms. The van der Waals surface area contributed by atoms with E-state index in [9.17, 15) is 0 Å². The molecule has 0 saturated carbocycles. The lowest BCUT2D eigenvalue weighted by molar-refractivity contribution is 0.340. The standard InChI is InChI=1S/C14H11ClN2OS/c1-2-18-10-5-3-9(4-6-10)12-8-19-13-11(12)7-16-14(15)17-13/h3-8H,2H2,1H3. The van der Waals surface area contributed by atoms with Gasteiger partial charge in [0.25, 0.3) is 0 Å². The number of hydrogen-bond acceptors (Lipinski definition) is 4. The highest BCUT2D eigenvalue weighted by molar-refractivity contribution is 7.17. The lowest BCUT2D eigenvalue weighted by Crippen LogP contribution is -1.90. The van der Waals surface area contributed by atoms with Gasteiger partial charge in [-0.05, 0) is 36.2 Å². The van der Waals surface area contributed by atoms with Gasteiger partial charge in [0.05, 0.1) is 6.61 Å². The summed E-state index contributed by atoms with van der Waals surface area (Å²) in [5.41, 5.74) is 2.25. The lowest BCUT2D eigenvalue weighted by Gasteiger charge is -2.04. The van der Waals surface area contributed by atoms with Crippen LogP contribution in [0.25, 0.3) is 21.3 Å². The second kappa shape index (κ2) is 5.15. The Bertz CT molecular complexity index is 709. The van der Waals surface area contributed by atoms with Crippen molar-refractivity contribution in [3.63, 3.8) is 0 Å². The van der Waals surface area contributed by atoms with E-state index in [1.165, 1.54) is 0 Å². The van der Waals surface area contributed by atoms with Gasteiger partial charge < -0.3 is 4.74 Å². The van der Waals surface area contributed by atoms with Crippen molar-refractivity contribution in [2.45, 2.75) is 6.92 Å². The van der Waals surface area contributed by atoms with Gasteiger partial charge in [0.2, 0.25) is 5.28 Å². The monoisotopic (exact) mass is 290 g/mol. The van der Waals surface area contributed by atoms with Crippen LogP contribution in [0, 0.1) is 0 Å². The molecule has 2 heterocycles. The average Bonchev–Trinajstić information content (AvgIpc) is 2.83. The lowest BCUT2D eigenvalue weighted by atomic mass is 10.1. The molecule has 0 bridgehead atoms. The summed E-state index contributed by atoms with van der Waals surface area (Å²) >= 11 is 7.37. The van der Waals surface area contributed by atoms with Gasteiger partial charge in [-0.15, -0.1) is 11.3 Å². The number of halogens is 1. The van der Waals surface area contributed by atoms with Crippen LogP contribution in [-0.2, 0) is 0 Å². The molecule has 0 aliphatic rings. The van der Waals surface area contributed by atoms with Crippen molar-refractivity contribution in [2.75, 3.05) is 6.61 Å². The maximum Gasteiger partial charge on any atom is 0.223 e. The molecule has 96 valence electrons. The molecule has 0 fully saturated rings. The molecule has 0 unspecified atom stereocenters. The van der Waals surface area contributed by atoms with Gasteiger partial charge in [0.1, 0.15) is 10.6 Å². The van der Waals surface area contributed by atoms with E-state index in [0.717, 1.165) is 27.1 Å². The van der Waals surface area contributed by atoms with E-state index >= 15 is 0 Å². The zero-order valence-corrected chi connectivity index (χ0v) is 11.8. The smallest absolute Gasteiger partial charge is 0.223 e. The van der Waals surface area contributed by atoms with Crippen LogP contribution in [0.4, 0.5) is 0 Å². The van der Waals surface area contributed by atoms with Gasteiger partial charge >= 0.3 is 0 Å². The Morgan fingerprint density at radius 1 is 1.26 bits per heavy atom. The van der Waals surface area contributed by atoms with Crippen molar-refractivity contribution in [1.29, 1.82) is 0 Å². The van der Waals surface area contributed by atoms with Crippen LogP contribution < -0.4 is 4.74 Å². The molecule has 3 nitrogen and oxygen atoms in total. The average molecular weight is 291 g/mol. The molecular formula is C14H11ClN2OS. The summed E-state index contributed by atoms with van der Waals surface area (Å²) in [6.07, 6.45) is 1.77. The van der Waals surface area contributed by atoms with Crippen molar-refractivity contribution in [2.24, 2.45) is 0 Å². The summed E-state index contributed by atoms with van der Waals surface area (Å²) in [5.74, 6) is 0.880. The first-order valence-corrected chi connectivity index (χ1v) is 7.16. The third-order valence-corrected chi connectivity index (χ3v) is 3.85. The topological polar surface area (TPSA) is 35.0 Å². The molecule has 5 heteroatoms. The Balaban J connectivity index is 2.04. The van der Waals surface area contributed by atoms with Gasteiger partial charge in [-0.1, -0.05) is 12.1 Å². The summed E-state index contributed by atoms with van der Waals surface area (Å²) in [6.45, 7) is 2.65. The number of ether oxygens (including phenoxy) is 1. The Morgan fingerprint density at radius 2 is 2.05 bits per heavy atom. The van der Waals surface area contributed by atoms with E-state index in [1.54, 1.807) is 17.5 Å². The molecule has 2 aromatic heterocycles. The summed E-state index contributed by atoms with van der Waals surface area (Å²) in [4.78, 5) is 9.17. The van der Waals surface area contributed by atoms with Crippen LogP contribution in [0.15, 0.2) is 35.8 Å². The first-order valence-electron chi connectivity index (χ1n) is 5.91. The van der Waals surface area contributed by atoms with E-state index in [2.05, 4.69) is 15.3 Å². The quantitative estimate of drug-likeness (QED) is 0.670. The van der Waals surface area contributed by atoms with Crippen LogP contribution in [0.3, 0.4) is 0 Å². The van der Waals surface area contributed by atoms with Crippen LogP contribution in [0.1, 0.15) is 6.92 Å². The molecule has 0 N–H and O–H groups in total. The Morgan fingerprint density at radius 3 is 2.79 bits per heavy atom. The Hall–Kier alpha value is -1.65. The van der Waals surface area contributed by atoms with Crippen LogP contribution in [-0.4, -0.2) is 16.6 Å². The van der Waals surface area contributed by atoms with E-state index in [0.29, 0.717) is 6.61 Å². The first kappa shape index (κ1) is 12.4. The van der Waals surface area contributed by atoms with Gasteiger partial charge in [-0.3, -0.25) is 0 Å². The normalized spacial score (nSPS) is 10.8. The van der Waals surface area contributed by atoms with E-state index in [1.807, 2.05) is 31.2 Å². The van der Waals surface area contributed by atoms with E-state index < -0.39 is 0 Å². The zero-order valence-electron chi connectivity index (χ0n) is 10.3. The number of benzene rings is 1. The SMILES string of the molecule is CCOc1ccc(-c2csc3nc(Cl)ncc23)cc1. The van der Waals surface area contributed by atoms with Crippen molar-refractivity contribution in [3.05, 3.63) is 41.1 Å². The number of thiophene rings is 1. The number of hydrogen-bond donors (Lipinski definition) is 0. The van der Waals surface area contributed by atoms with E-state index in [4.69, 9.17) is 16.3 Å². The minimum Gasteiger partial charge on any atom is -0.494 e. The predicted molar refractivity (Wildman–Crippen MR) is 79.0 cm³/mol. The molecular weight excluding hydrogens is 280 g/mol. The molecule has 1 aromatic carbocycles. The fourth-order valence-corrected chi connectivity index (χ4v) is 3.02. The molecule has 0 saturated heterocycles. The minimum atomic E-state index is 0.285. The van der Waals surface area contributed by atoms with Crippen molar-refractivity contribution >= 4 is 33.2 Å². The fraction of sp³-hybridized carbons (Fsp3) is 0.143. The predicted octanol–water partition coefficient (Wildman–Crippen LogP) is 4.41. The first-order chi connectivity index (χ1) is 9.28. The van der Waals surface area contributed by atoms with Gasteiger partial charge in [0.15, 0.2) is 0 Å². The summed E-state index contributed by atoms with van der Waals surface area (Å²) < 4.78 is 5.44. The van der Waals surface area contributed by atoms with Crippen molar-refractivity contribution in [3.8, 4) is 16.9 Å². The van der Waals surface area contributed by atoms with Gasteiger partial charge in [0, 0.05) is 22.5 Å². The molecule has 0 amide bonds. The number of aromatic nitrogens is 2. The highest BCUT2D eigenvalue weighted by Crippen LogP contribution is 2.33. The summed E-state index contributed by atoms with van der Waals surface area (Å²) in [5, 5.41) is 3.39. The molecule has 0 aliphatic carbocycles.